The third kappa shape index (κ3) is 3.77. The summed E-state index contributed by atoms with van der Waals surface area (Å²) >= 11 is 0. The lowest BCUT2D eigenvalue weighted by Gasteiger charge is -2.26. The van der Waals surface area contributed by atoms with E-state index in [0.717, 1.165) is 12.8 Å². The summed E-state index contributed by atoms with van der Waals surface area (Å²) in [5.74, 6) is 0. The minimum Gasteiger partial charge on any atom is -0.388 e. The van der Waals surface area contributed by atoms with Gasteiger partial charge >= 0.3 is 8.56 Å². The van der Waals surface area contributed by atoms with E-state index in [0.29, 0.717) is 19.3 Å². The number of unbranched alkanes of at least 4 members (excludes halogenated alkanes) is 1. The Morgan fingerprint density at radius 1 is 1.21 bits per heavy atom. The summed E-state index contributed by atoms with van der Waals surface area (Å²) in [5, 5.41) is 0. The Kier molecular flexibility index (Phi) is 6.78. The number of carbonyl (C=O) groups is 1. The number of amides is 1. The van der Waals surface area contributed by atoms with Crippen molar-refractivity contribution in [3.05, 3.63) is 0 Å². The molecule has 14 heavy (non-hydrogen) atoms. The zero-order chi connectivity index (χ0) is 11.0. The molecule has 0 aromatic rings. The van der Waals surface area contributed by atoms with Gasteiger partial charge in [-0.05, 0) is 19.9 Å². The first-order valence-corrected chi connectivity index (χ1v) is 7.23. The molecule has 0 aliphatic rings. The third-order valence-electron chi connectivity index (χ3n) is 1.99. The van der Waals surface area contributed by atoms with Gasteiger partial charge in [-0.2, -0.15) is 0 Å². The van der Waals surface area contributed by atoms with Crippen molar-refractivity contribution in [1.29, 1.82) is 0 Å². The molecule has 0 saturated heterocycles. The fourth-order valence-corrected chi connectivity index (χ4v) is 3.98. The van der Waals surface area contributed by atoms with Crippen LogP contribution in [0.25, 0.3) is 0 Å². The van der Waals surface area contributed by atoms with Crippen LogP contribution in [0.2, 0.25) is 6.04 Å². The highest BCUT2D eigenvalue weighted by Crippen LogP contribution is 2.17. The highest BCUT2D eigenvalue weighted by molar-refractivity contribution is 6.96. The van der Waals surface area contributed by atoms with E-state index in [1.807, 2.05) is 13.8 Å². The van der Waals surface area contributed by atoms with Gasteiger partial charge < -0.3 is 14.6 Å². The predicted octanol–water partition coefficient (Wildman–Crippen LogP) is 1.96. The van der Waals surface area contributed by atoms with Crippen molar-refractivity contribution >= 4 is 14.1 Å². The first-order chi connectivity index (χ1) is 6.63. The maximum Gasteiger partial charge on any atom is 0.435 e. The fraction of sp³-hybridized carbons (Fsp3) is 0.889. The van der Waals surface area contributed by atoms with Crippen molar-refractivity contribution in [2.24, 2.45) is 5.73 Å². The smallest absolute Gasteiger partial charge is 0.388 e. The van der Waals surface area contributed by atoms with Crippen LogP contribution >= 0.6 is 0 Å². The second kappa shape index (κ2) is 6.97. The Labute approximate surface area is 87.0 Å². The van der Waals surface area contributed by atoms with Gasteiger partial charge in [-0.3, -0.25) is 4.79 Å². The molecule has 84 valence electrons. The van der Waals surface area contributed by atoms with E-state index < -0.39 is 14.1 Å². The Bertz CT molecular complexity index is 169. The summed E-state index contributed by atoms with van der Waals surface area (Å²) in [6.45, 7) is 6.75. The number of primary amides is 1. The van der Waals surface area contributed by atoms with Crippen molar-refractivity contribution in [2.45, 2.75) is 39.7 Å². The highest BCUT2D eigenvalue weighted by atomic mass is 28.4. The van der Waals surface area contributed by atoms with E-state index >= 15 is 0 Å². The molecular weight excluding hydrogens is 198 g/mol. The zero-order valence-corrected chi connectivity index (χ0v) is 10.3. The molecule has 4 nitrogen and oxygen atoms in total. The minimum absolute atomic E-state index is 0.394. The van der Waals surface area contributed by atoms with Gasteiger partial charge in [-0.1, -0.05) is 19.8 Å². The quantitative estimate of drug-likeness (QED) is 0.635. The van der Waals surface area contributed by atoms with Crippen LogP contribution in [0.4, 0.5) is 4.79 Å². The van der Waals surface area contributed by atoms with Crippen LogP contribution in [0.3, 0.4) is 0 Å². The minimum atomic E-state index is -2.75. The second-order valence-corrected chi connectivity index (χ2v) is 6.16. The standard InChI is InChI=1S/C9H21NO3Si/c1-4-7-8-14(9(10)11,12-5-2)13-6-3/h4-8H2,1-3H3,(H2,10,11). The van der Waals surface area contributed by atoms with Gasteiger partial charge in [0.15, 0.2) is 0 Å². The van der Waals surface area contributed by atoms with Gasteiger partial charge in [0.2, 0.25) is 0 Å². The van der Waals surface area contributed by atoms with E-state index in [1.54, 1.807) is 0 Å². The molecule has 0 atom stereocenters. The predicted molar refractivity (Wildman–Crippen MR) is 58.3 cm³/mol. The van der Waals surface area contributed by atoms with E-state index in [-0.39, 0.29) is 0 Å². The first-order valence-electron chi connectivity index (χ1n) is 5.20. The largest absolute Gasteiger partial charge is 0.435 e. The van der Waals surface area contributed by atoms with Crippen LogP contribution < -0.4 is 5.73 Å². The van der Waals surface area contributed by atoms with Gasteiger partial charge in [-0.25, -0.2) is 0 Å². The SMILES string of the molecule is CCCC[Si](OCC)(OCC)C(N)=O. The Hall–Kier alpha value is -0.393. The summed E-state index contributed by atoms with van der Waals surface area (Å²) in [6, 6.07) is 0.667. The summed E-state index contributed by atoms with van der Waals surface area (Å²) < 4.78 is 11.0. The molecule has 0 saturated carbocycles. The molecule has 0 aromatic carbocycles. The van der Waals surface area contributed by atoms with E-state index in [4.69, 9.17) is 14.6 Å². The molecule has 0 spiro atoms. The van der Waals surface area contributed by atoms with Crippen LogP contribution in [0.1, 0.15) is 33.6 Å². The lowest BCUT2D eigenvalue weighted by molar-refractivity contribution is 0.180. The molecule has 0 aliphatic carbocycles. The molecule has 0 aliphatic heterocycles. The number of hydrogen-bond donors (Lipinski definition) is 1. The highest BCUT2D eigenvalue weighted by Gasteiger charge is 2.43. The van der Waals surface area contributed by atoms with Crippen molar-refractivity contribution in [3.63, 3.8) is 0 Å². The number of carbonyl (C=O) groups excluding carboxylic acids is 1. The van der Waals surface area contributed by atoms with Gasteiger partial charge in [0, 0.05) is 13.2 Å². The monoisotopic (exact) mass is 219 g/mol. The maximum absolute atomic E-state index is 11.3. The summed E-state index contributed by atoms with van der Waals surface area (Å²) in [4.78, 5) is 11.3. The van der Waals surface area contributed by atoms with Gasteiger partial charge in [0.05, 0.1) is 0 Å². The normalized spacial score (nSPS) is 11.6. The van der Waals surface area contributed by atoms with Crippen LogP contribution in [-0.4, -0.2) is 27.3 Å². The molecule has 0 rings (SSSR count). The van der Waals surface area contributed by atoms with Crippen LogP contribution in [0, 0.1) is 0 Å². The molecule has 0 fully saturated rings. The number of rotatable bonds is 8. The molecule has 0 aromatic heterocycles. The van der Waals surface area contributed by atoms with Gasteiger partial charge in [0.25, 0.3) is 5.53 Å². The summed E-state index contributed by atoms with van der Waals surface area (Å²) in [5.41, 5.74) is 4.96. The molecule has 0 bridgehead atoms. The first kappa shape index (κ1) is 13.6. The van der Waals surface area contributed by atoms with Crippen molar-refractivity contribution < 1.29 is 13.6 Å². The molecular formula is C9H21NO3Si. The summed E-state index contributed by atoms with van der Waals surface area (Å²) in [6.07, 6.45) is 1.94. The van der Waals surface area contributed by atoms with E-state index in [9.17, 15) is 4.79 Å². The maximum atomic E-state index is 11.3. The average Bonchev–Trinajstić information content (AvgIpc) is 2.14. The van der Waals surface area contributed by atoms with Crippen molar-refractivity contribution in [1.82, 2.24) is 0 Å². The van der Waals surface area contributed by atoms with Gasteiger partial charge in [-0.15, -0.1) is 0 Å². The average molecular weight is 219 g/mol. The molecule has 5 heteroatoms. The Balaban J connectivity index is 4.46. The zero-order valence-electron chi connectivity index (χ0n) is 9.34. The number of nitrogens with two attached hydrogens (primary N) is 1. The van der Waals surface area contributed by atoms with Gasteiger partial charge in [0.1, 0.15) is 0 Å². The topological polar surface area (TPSA) is 61.6 Å². The van der Waals surface area contributed by atoms with Crippen molar-refractivity contribution in [3.8, 4) is 0 Å². The van der Waals surface area contributed by atoms with Crippen LogP contribution in [0.15, 0.2) is 0 Å². The molecule has 0 heterocycles. The lowest BCUT2D eigenvalue weighted by atomic mass is 10.4. The van der Waals surface area contributed by atoms with Crippen molar-refractivity contribution in [2.75, 3.05) is 13.2 Å². The third-order valence-corrected chi connectivity index (χ3v) is 5.26. The summed E-state index contributed by atoms with van der Waals surface area (Å²) in [7, 11) is -2.75. The van der Waals surface area contributed by atoms with Crippen LogP contribution in [-0.2, 0) is 8.85 Å². The lowest BCUT2D eigenvalue weighted by Crippen LogP contribution is -2.53. The Morgan fingerprint density at radius 3 is 2.00 bits per heavy atom. The van der Waals surface area contributed by atoms with Crippen LogP contribution in [0.5, 0.6) is 0 Å². The molecule has 0 unspecified atom stereocenters. The van der Waals surface area contributed by atoms with E-state index in [2.05, 4.69) is 6.92 Å². The second-order valence-electron chi connectivity index (χ2n) is 3.09. The molecule has 1 amide bonds. The number of hydrogen-bond acceptors (Lipinski definition) is 3. The molecule has 2 N–H and O–H groups in total. The Morgan fingerprint density at radius 2 is 1.71 bits per heavy atom. The van der Waals surface area contributed by atoms with E-state index in [1.165, 1.54) is 0 Å². The molecule has 0 radical (unpaired) electrons. The fourth-order valence-electron chi connectivity index (χ4n) is 1.33.